The van der Waals surface area contributed by atoms with Crippen LogP contribution in [0, 0.1) is 5.82 Å². The fourth-order valence-corrected chi connectivity index (χ4v) is 2.48. The maximum Gasteiger partial charge on any atom is 0.226 e. The summed E-state index contributed by atoms with van der Waals surface area (Å²) in [6.45, 7) is 7.38. The molecular formula is C20H31FIN5O2. The van der Waals surface area contributed by atoms with E-state index in [9.17, 15) is 4.39 Å². The van der Waals surface area contributed by atoms with Gasteiger partial charge in [0.2, 0.25) is 5.89 Å². The fourth-order valence-electron chi connectivity index (χ4n) is 2.48. The molecule has 0 aliphatic carbocycles. The van der Waals surface area contributed by atoms with Gasteiger partial charge in [0.25, 0.3) is 0 Å². The van der Waals surface area contributed by atoms with Crippen molar-refractivity contribution in [1.29, 1.82) is 0 Å². The molecule has 1 heterocycles. The Morgan fingerprint density at radius 3 is 2.72 bits per heavy atom. The molecule has 2 N–H and O–H groups in total. The van der Waals surface area contributed by atoms with E-state index in [1.165, 1.54) is 12.1 Å². The zero-order chi connectivity index (χ0) is 20.4. The molecule has 1 aromatic carbocycles. The molecule has 29 heavy (non-hydrogen) atoms. The number of aromatic nitrogens is 2. The molecule has 0 amide bonds. The number of aryl methyl sites for hydroxylation is 1. The Labute approximate surface area is 188 Å². The second-order valence-electron chi connectivity index (χ2n) is 6.79. The minimum absolute atomic E-state index is 0. The summed E-state index contributed by atoms with van der Waals surface area (Å²) in [6, 6.07) is 6.17. The van der Waals surface area contributed by atoms with Crippen LogP contribution in [0.3, 0.4) is 0 Å². The predicted molar refractivity (Wildman–Crippen MR) is 123 cm³/mol. The number of nitrogens with zero attached hydrogens (tertiary/aromatic N) is 3. The summed E-state index contributed by atoms with van der Waals surface area (Å²) in [7, 11) is 1.72. The van der Waals surface area contributed by atoms with Crippen molar-refractivity contribution in [2.45, 2.75) is 52.1 Å². The van der Waals surface area contributed by atoms with Crippen LogP contribution in [0.2, 0.25) is 0 Å². The molecule has 1 unspecified atom stereocenters. The van der Waals surface area contributed by atoms with Gasteiger partial charge in [-0.1, -0.05) is 32.0 Å². The van der Waals surface area contributed by atoms with Gasteiger partial charge >= 0.3 is 0 Å². The van der Waals surface area contributed by atoms with Crippen LogP contribution in [0.4, 0.5) is 4.39 Å². The number of aliphatic imine (C=N–C) groups is 1. The van der Waals surface area contributed by atoms with Crippen molar-refractivity contribution in [2.75, 3.05) is 20.1 Å². The molecule has 2 rings (SSSR count). The van der Waals surface area contributed by atoms with Crippen molar-refractivity contribution in [3.05, 3.63) is 41.8 Å². The van der Waals surface area contributed by atoms with Crippen LogP contribution in [0.5, 0.6) is 5.75 Å². The number of hydrogen-bond acceptors (Lipinski definition) is 5. The molecule has 0 radical (unpaired) electrons. The zero-order valence-electron chi connectivity index (χ0n) is 17.4. The molecule has 0 spiro atoms. The van der Waals surface area contributed by atoms with Gasteiger partial charge in [-0.15, -0.1) is 24.0 Å². The maximum absolute atomic E-state index is 13.3. The summed E-state index contributed by atoms with van der Waals surface area (Å²) in [6.07, 6.45) is 2.25. The molecule has 162 valence electrons. The molecule has 0 saturated heterocycles. The standard InChI is InChI=1S/C20H30FN5O2.HI/c1-5-16(27-17-9-6-8-15(21)12-17)13-24-20(22-4)23-11-7-10-18-25-19(14(2)3)26-28-18;/h6,8-9,12,14,16H,5,7,10-11,13H2,1-4H3,(H2,22,23,24);1H. The van der Waals surface area contributed by atoms with Crippen LogP contribution in [-0.4, -0.2) is 42.3 Å². The zero-order valence-corrected chi connectivity index (χ0v) is 19.8. The van der Waals surface area contributed by atoms with Gasteiger partial charge in [0.15, 0.2) is 11.8 Å². The van der Waals surface area contributed by atoms with Gasteiger partial charge in [0, 0.05) is 32.0 Å². The lowest BCUT2D eigenvalue weighted by atomic mass is 10.2. The second kappa shape index (κ2) is 13.3. The second-order valence-corrected chi connectivity index (χ2v) is 6.79. The Morgan fingerprint density at radius 1 is 1.31 bits per heavy atom. The van der Waals surface area contributed by atoms with Gasteiger partial charge in [0.1, 0.15) is 17.7 Å². The van der Waals surface area contributed by atoms with Gasteiger partial charge in [-0.05, 0) is 25.0 Å². The molecule has 0 bridgehead atoms. The lowest BCUT2D eigenvalue weighted by Crippen LogP contribution is -2.42. The Morgan fingerprint density at radius 2 is 2.10 bits per heavy atom. The molecule has 7 nitrogen and oxygen atoms in total. The third-order valence-electron chi connectivity index (χ3n) is 4.14. The van der Waals surface area contributed by atoms with E-state index in [2.05, 4.69) is 25.8 Å². The Balaban J connectivity index is 0.00000420. The van der Waals surface area contributed by atoms with E-state index in [0.29, 0.717) is 30.6 Å². The number of benzene rings is 1. The third-order valence-corrected chi connectivity index (χ3v) is 4.14. The summed E-state index contributed by atoms with van der Waals surface area (Å²) in [4.78, 5) is 8.58. The van der Waals surface area contributed by atoms with Crippen LogP contribution in [0.1, 0.15) is 51.2 Å². The highest BCUT2D eigenvalue weighted by Gasteiger charge is 2.11. The summed E-state index contributed by atoms with van der Waals surface area (Å²) in [5, 5.41) is 10.5. The van der Waals surface area contributed by atoms with Crippen molar-refractivity contribution in [1.82, 2.24) is 20.8 Å². The summed E-state index contributed by atoms with van der Waals surface area (Å²) < 4.78 is 24.4. The summed E-state index contributed by atoms with van der Waals surface area (Å²) in [5.41, 5.74) is 0. The molecule has 1 aromatic heterocycles. The quantitative estimate of drug-likeness (QED) is 0.215. The van der Waals surface area contributed by atoms with Gasteiger partial charge in [0.05, 0.1) is 6.54 Å². The maximum atomic E-state index is 13.3. The molecular weight excluding hydrogens is 488 g/mol. The van der Waals surface area contributed by atoms with Crippen molar-refractivity contribution >= 4 is 29.9 Å². The van der Waals surface area contributed by atoms with Crippen molar-refractivity contribution in [3.63, 3.8) is 0 Å². The number of rotatable bonds is 10. The van der Waals surface area contributed by atoms with Gasteiger partial charge < -0.3 is 19.9 Å². The fraction of sp³-hybridized carbons (Fsp3) is 0.550. The van der Waals surface area contributed by atoms with Crippen molar-refractivity contribution in [3.8, 4) is 5.75 Å². The molecule has 9 heteroatoms. The van der Waals surface area contributed by atoms with Crippen molar-refractivity contribution < 1.29 is 13.7 Å². The first kappa shape index (κ1) is 25.1. The van der Waals surface area contributed by atoms with E-state index in [0.717, 1.165) is 25.2 Å². The summed E-state index contributed by atoms with van der Waals surface area (Å²) in [5.74, 6) is 2.57. The van der Waals surface area contributed by atoms with Crippen LogP contribution >= 0.6 is 24.0 Å². The third kappa shape index (κ3) is 8.97. The first-order valence-corrected chi connectivity index (χ1v) is 9.71. The van der Waals surface area contributed by atoms with Crippen LogP contribution in [-0.2, 0) is 6.42 Å². The number of nitrogens with one attached hydrogen (secondary N) is 2. The lowest BCUT2D eigenvalue weighted by Gasteiger charge is -2.20. The van der Waals surface area contributed by atoms with Crippen LogP contribution in [0.15, 0.2) is 33.8 Å². The number of halogens is 2. The van der Waals surface area contributed by atoms with E-state index in [-0.39, 0.29) is 41.8 Å². The van der Waals surface area contributed by atoms with Gasteiger partial charge in [-0.3, -0.25) is 4.99 Å². The highest BCUT2D eigenvalue weighted by atomic mass is 127. The Bertz CT molecular complexity index is 754. The van der Waals surface area contributed by atoms with E-state index in [1.54, 1.807) is 19.2 Å². The van der Waals surface area contributed by atoms with Gasteiger partial charge in [-0.25, -0.2) is 4.39 Å². The largest absolute Gasteiger partial charge is 0.489 e. The first-order chi connectivity index (χ1) is 13.5. The minimum Gasteiger partial charge on any atom is -0.489 e. The minimum atomic E-state index is -0.306. The normalized spacial score (nSPS) is 12.4. The topological polar surface area (TPSA) is 84.6 Å². The molecule has 1 atom stereocenters. The average Bonchev–Trinajstić information content (AvgIpc) is 3.15. The van der Waals surface area contributed by atoms with Gasteiger partial charge in [-0.2, -0.15) is 4.98 Å². The Kier molecular flexibility index (Phi) is 11.6. The molecule has 0 aliphatic heterocycles. The molecule has 0 aliphatic rings. The first-order valence-electron chi connectivity index (χ1n) is 9.71. The molecule has 2 aromatic rings. The average molecular weight is 519 g/mol. The highest BCUT2D eigenvalue weighted by molar-refractivity contribution is 14.0. The number of ether oxygens (including phenoxy) is 1. The summed E-state index contributed by atoms with van der Waals surface area (Å²) >= 11 is 0. The SMILES string of the molecule is CCC(CNC(=NC)NCCCc1nc(C(C)C)no1)Oc1cccc(F)c1.I. The van der Waals surface area contributed by atoms with Crippen molar-refractivity contribution in [2.24, 2.45) is 4.99 Å². The van der Waals surface area contributed by atoms with Crippen LogP contribution in [0.25, 0.3) is 0 Å². The van der Waals surface area contributed by atoms with E-state index in [4.69, 9.17) is 9.26 Å². The Hall–Kier alpha value is -1.91. The number of hydrogen-bond donors (Lipinski definition) is 2. The highest BCUT2D eigenvalue weighted by Crippen LogP contribution is 2.14. The van der Waals surface area contributed by atoms with E-state index < -0.39 is 0 Å². The molecule has 0 saturated carbocycles. The van der Waals surface area contributed by atoms with E-state index in [1.807, 2.05) is 20.8 Å². The smallest absolute Gasteiger partial charge is 0.226 e. The van der Waals surface area contributed by atoms with Crippen LogP contribution < -0.4 is 15.4 Å². The number of guanidine groups is 1. The lowest BCUT2D eigenvalue weighted by molar-refractivity contribution is 0.199. The van der Waals surface area contributed by atoms with E-state index >= 15 is 0 Å². The predicted octanol–water partition coefficient (Wildman–Crippen LogP) is 3.91. The monoisotopic (exact) mass is 519 g/mol. The molecule has 0 fully saturated rings.